The molecule has 2 N–H and O–H groups in total. The van der Waals surface area contributed by atoms with Gasteiger partial charge >= 0.3 is 0 Å². The fourth-order valence-electron chi connectivity index (χ4n) is 2.83. The third kappa shape index (κ3) is 5.53. The molecule has 0 saturated carbocycles. The van der Waals surface area contributed by atoms with Gasteiger partial charge in [-0.1, -0.05) is 24.3 Å². The van der Waals surface area contributed by atoms with E-state index in [9.17, 15) is 4.79 Å². The number of carbonyl (C=O) groups excluding carboxylic acids is 1. The molecule has 0 unspecified atom stereocenters. The topological polar surface area (TPSA) is 60.0 Å². The number of nitrogens with one attached hydrogen (secondary N) is 2. The van der Waals surface area contributed by atoms with Crippen molar-refractivity contribution in [2.75, 3.05) is 46.3 Å². The third-order valence-corrected chi connectivity index (χ3v) is 4.47. The van der Waals surface area contributed by atoms with Gasteiger partial charge in [-0.2, -0.15) is 0 Å². The Morgan fingerprint density at radius 1 is 1.17 bits per heavy atom. The number of aryl methyl sites for hydroxylation is 1. The molecule has 1 aliphatic heterocycles. The highest BCUT2D eigenvalue weighted by Gasteiger charge is 2.17. The minimum absolute atomic E-state index is 0.175. The molecule has 1 aromatic rings. The molecule has 1 aromatic carbocycles. The van der Waals surface area contributed by atoms with E-state index in [4.69, 9.17) is 0 Å². The van der Waals surface area contributed by atoms with Crippen molar-refractivity contribution in [3.63, 3.8) is 0 Å². The molecule has 1 fully saturated rings. The predicted molar refractivity (Wildman–Crippen MR) is 98.1 cm³/mol. The summed E-state index contributed by atoms with van der Waals surface area (Å²) < 4.78 is 0. The van der Waals surface area contributed by atoms with Crippen molar-refractivity contribution in [2.45, 2.75) is 20.4 Å². The molecule has 2 rings (SSSR count). The highest BCUT2D eigenvalue weighted by Crippen LogP contribution is 2.06. The first kappa shape index (κ1) is 18.3. The molecule has 0 radical (unpaired) electrons. The van der Waals surface area contributed by atoms with Gasteiger partial charge in [0, 0.05) is 59.8 Å². The lowest BCUT2D eigenvalue weighted by atomic mass is 10.1. The van der Waals surface area contributed by atoms with E-state index in [0.717, 1.165) is 51.8 Å². The zero-order valence-electron chi connectivity index (χ0n) is 15.0. The Bertz CT molecular complexity index is 564. The Labute approximate surface area is 144 Å². The van der Waals surface area contributed by atoms with Gasteiger partial charge in [0.05, 0.1) is 0 Å². The summed E-state index contributed by atoms with van der Waals surface area (Å²) in [5.74, 6) is 0.995. The first-order valence-electron chi connectivity index (χ1n) is 8.57. The fourth-order valence-corrected chi connectivity index (χ4v) is 2.83. The van der Waals surface area contributed by atoms with E-state index < -0.39 is 0 Å². The largest absolute Gasteiger partial charge is 0.355 e. The summed E-state index contributed by atoms with van der Waals surface area (Å²) >= 11 is 0. The van der Waals surface area contributed by atoms with Gasteiger partial charge < -0.3 is 15.5 Å². The van der Waals surface area contributed by atoms with Crippen LogP contribution in [-0.2, 0) is 11.3 Å². The molecule has 0 bridgehead atoms. The summed E-state index contributed by atoms with van der Waals surface area (Å²) in [7, 11) is 1.79. The maximum Gasteiger partial charge on any atom is 0.219 e. The van der Waals surface area contributed by atoms with Gasteiger partial charge in [-0.15, -0.1) is 0 Å². The van der Waals surface area contributed by atoms with E-state index in [-0.39, 0.29) is 5.91 Å². The summed E-state index contributed by atoms with van der Waals surface area (Å²) in [5.41, 5.74) is 2.56. The van der Waals surface area contributed by atoms with Crippen LogP contribution in [-0.4, -0.2) is 68.0 Å². The smallest absolute Gasteiger partial charge is 0.219 e. The zero-order valence-corrected chi connectivity index (χ0v) is 15.0. The van der Waals surface area contributed by atoms with Gasteiger partial charge in [-0.05, 0) is 18.1 Å². The Kier molecular flexibility index (Phi) is 7.06. The highest BCUT2D eigenvalue weighted by molar-refractivity contribution is 5.79. The molecule has 24 heavy (non-hydrogen) atoms. The molecule has 6 nitrogen and oxygen atoms in total. The molecular formula is C18H29N5O. The maximum atomic E-state index is 11.3. The number of hydrogen-bond donors (Lipinski definition) is 2. The molecular weight excluding hydrogens is 302 g/mol. The quantitative estimate of drug-likeness (QED) is 0.620. The minimum atomic E-state index is 0.175. The molecule has 6 heteroatoms. The lowest BCUT2D eigenvalue weighted by Gasteiger charge is -2.34. The molecule has 132 valence electrons. The number of aliphatic imine (C=N–C) groups is 1. The third-order valence-electron chi connectivity index (χ3n) is 4.47. The van der Waals surface area contributed by atoms with Gasteiger partial charge in [0.2, 0.25) is 5.91 Å². The molecule has 0 aliphatic carbocycles. The summed E-state index contributed by atoms with van der Waals surface area (Å²) in [6.07, 6.45) is 0. The van der Waals surface area contributed by atoms with Gasteiger partial charge in [-0.3, -0.25) is 14.7 Å². The van der Waals surface area contributed by atoms with Crippen molar-refractivity contribution >= 4 is 11.9 Å². The Balaban J connectivity index is 1.67. The first-order chi connectivity index (χ1) is 11.6. The second-order valence-electron chi connectivity index (χ2n) is 6.13. The van der Waals surface area contributed by atoms with E-state index >= 15 is 0 Å². The van der Waals surface area contributed by atoms with Crippen LogP contribution >= 0.6 is 0 Å². The number of carbonyl (C=O) groups is 1. The Morgan fingerprint density at radius 3 is 2.50 bits per heavy atom. The number of benzene rings is 1. The van der Waals surface area contributed by atoms with Gasteiger partial charge in [0.15, 0.2) is 5.96 Å². The van der Waals surface area contributed by atoms with Crippen molar-refractivity contribution in [2.24, 2.45) is 4.99 Å². The van der Waals surface area contributed by atoms with Crippen molar-refractivity contribution in [1.82, 2.24) is 20.4 Å². The van der Waals surface area contributed by atoms with E-state index in [1.54, 1.807) is 14.0 Å². The zero-order chi connectivity index (χ0) is 17.4. The lowest BCUT2D eigenvalue weighted by molar-refractivity contribution is -0.130. The molecule has 1 amide bonds. The number of nitrogens with zero attached hydrogens (tertiary/aromatic N) is 3. The van der Waals surface area contributed by atoms with Crippen LogP contribution in [0.4, 0.5) is 0 Å². The van der Waals surface area contributed by atoms with Gasteiger partial charge in [0.1, 0.15) is 0 Å². The van der Waals surface area contributed by atoms with E-state index in [1.807, 2.05) is 4.90 Å². The summed E-state index contributed by atoms with van der Waals surface area (Å²) in [6, 6.07) is 8.36. The minimum Gasteiger partial charge on any atom is -0.355 e. The monoisotopic (exact) mass is 331 g/mol. The van der Waals surface area contributed by atoms with Crippen LogP contribution in [0.2, 0.25) is 0 Å². The lowest BCUT2D eigenvalue weighted by Crippen LogP contribution is -2.50. The number of guanidine groups is 1. The summed E-state index contributed by atoms with van der Waals surface area (Å²) in [6.45, 7) is 9.86. The number of piperazine rings is 1. The highest BCUT2D eigenvalue weighted by atomic mass is 16.2. The second kappa shape index (κ2) is 9.27. The van der Waals surface area contributed by atoms with Crippen LogP contribution < -0.4 is 10.6 Å². The molecule has 0 atom stereocenters. The normalized spacial score (nSPS) is 16.1. The van der Waals surface area contributed by atoms with E-state index in [0.29, 0.717) is 0 Å². The molecule has 1 heterocycles. The average molecular weight is 331 g/mol. The molecule has 1 aliphatic rings. The van der Waals surface area contributed by atoms with Crippen molar-refractivity contribution in [3.8, 4) is 0 Å². The standard InChI is InChI=1S/C18H29N5O/c1-15-6-4-5-7-17(15)14-21-18(19-3)20-8-9-22-10-12-23(13-11-22)16(2)24/h4-7H,8-14H2,1-3H3,(H2,19,20,21). The van der Waals surface area contributed by atoms with E-state index in [2.05, 4.69) is 51.7 Å². The number of amides is 1. The number of rotatable bonds is 5. The van der Waals surface area contributed by atoms with Crippen LogP contribution in [0.3, 0.4) is 0 Å². The van der Waals surface area contributed by atoms with Gasteiger partial charge in [-0.25, -0.2) is 0 Å². The second-order valence-corrected chi connectivity index (χ2v) is 6.13. The summed E-state index contributed by atoms with van der Waals surface area (Å²) in [5, 5.41) is 6.71. The SMILES string of the molecule is CN=C(NCCN1CCN(C(C)=O)CC1)NCc1ccccc1C. The Hall–Kier alpha value is -2.08. The maximum absolute atomic E-state index is 11.3. The Morgan fingerprint density at radius 2 is 1.88 bits per heavy atom. The van der Waals surface area contributed by atoms with Crippen LogP contribution in [0, 0.1) is 6.92 Å². The number of hydrogen-bond acceptors (Lipinski definition) is 3. The van der Waals surface area contributed by atoms with Crippen LogP contribution in [0.5, 0.6) is 0 Å². The predicted octanol–water partition coefficient (Wildman–Crippen LogP) is 0.824. The van der Waals surface area contributed by atoms with Gasteiger partial charge in [0.25, 0.3) is 0 Å². The van der Waals surface area contributed by atoms with Crippen molar-refractivity contribution in [1.29, 1.82) is 0 Å². The molecule has 1 saturated heterocycles. The van der Waals surface area contributed by atoms with Crippen molar-refractivity contribution in [3.05, 3.63) is 35.4 Å². The summed E-state index contributed by atoms with van der Waals surface area (Å²) in [4.78, 5) is 19.9. The molecule has 0 spiro atoms. The van der Waals surface area contributed by atoms with Crippen molar-refractivity contribution < 1.29 is 4.79 Å². The molecule has 0 aromatic heterocycles. The fraction of sp³-hybridized carbons (Fsp3) is 0.556. The van der Waals surface area contributed by atoms with Crippen LogP contribution in [0.25, 0.3) is 0 Å². The first-order valence-corrected chi connectivity index (χ1v) is 8.57. The van der Waals surface area contributed by atoms with E-state index in [1.165, 1.54) is 11.1 Å². The van der Waals surface area contributed by atoms with Crippen LogP contribution in [0.15, 0.2) is 29.3 Å². The average Bonchev–Trinajstić information content (AvgIpc) is 2.59. The van der Waals surface area contributed by atoms with Crippen LogP contribution in [0.1, 0.15) is 18.1 Å².